The van der Waals surface area contributed by atoms with Gasteiger partial charge in [-0.25, -0.2) is 0 Å². The van der Waals surface area contributed by atoms with Gasteiger partial charge in [-0.05, 0) is 31.0 Å². The Balaban J connectivity index is 1.74. The van der Waals surface area contributed by atoms with Gasteiger partial charge in [0, 0.05) is 33.2 Å². The van der Waals surface area contributed by atoms with Gasteiger partial charge < -0.3 is 11.1 Å². The van der Waals surface area contributed by atoms with Crippen molar-refractivity contribution in [1.29, 1.82) is 0 Å². The van der Waals surface area contributed by atoms with E-state index in [4.69, 9.17) is 5.73 Å². The highest BCUT2D eigenvalue weighted by Gasteiger charge is 2.14. The minimum atomic E-state index is 0.734. The third kappa shape index (κ3) is 2.31. The number of hydrogen-bond donors (Lipinski definition) is 2. The molecular formula is C14H18N2S. The van der Waals surface area contributed by atoms with Crippen molar-refractivity contribution in [2.45, 2.75) is 38.3 Å². The standard InChI is InChI=1S/C14H18N2S/c15-13-6-3-7-14-12(13)8-11(17-14)9-16-10-4-1-2-5-10/h3,6-8,10,16H,1-2,4-5,9,15H2. The maximum atomic E-state index is 5.97. The van der Waals surface area contributed by atoms with Crippen molar-refractivity contribution in [2.75, 3.05) is 5.73 Å². The number of anilines is 1. The molecule has 0 unspecified atom stereocenters. The molecule has 1 aliphatic rings. The Morgan fingerprint density at radius 3 is 2.88 bits per heavy atom. The molecule has 3 rings (SSSR count). The smallest absolute Gasteiger partial charge is 0.0402 e. The Morgan fingerprint density at radius 1 is 1.29 bits per heavy atom. The van der Waals surface area contributed by atoms with Crippen molar-refractivity contribution in [3.63, 3.8) is 0 Å². The molecule has 1 heterocycles. The summed E-state index contributed by atoms with van der Waals surface area (Å²) in [6, 6.07) is 9.12. The number of rotatable bonds is 3. The SMILES string of the molecule is Nc1cccc2sc(CNC3CCCC3)cc12. The molecule has 1 saturated carbocycles. The van der Waals surface area contributed by atoms with Gasteiger partial charge in [-0.3, -0.25) is 0 Å². The average Bonchev–Trinajstić information content (AvgIpc) is 2.95. The van der Waals surface area contributed by atoms with Crippen molar-refractivity contribution in [1.82, 2.24) is 5.32 Å². The number of fused-ring (bicyclic) bond motifs is 1. The van der Waals surface area contributed by atoms with Crippen molar-refractivity contribution >= 4 is 27.1 Å². The lowest BCUT2D eigenvalue weighted by molar-refractivity contribution is 0.527. The fraction of sp³-hybridized carbons (Fsp3) is 0.429. The van der Waals surface area contributed by atoms with Gasteiger partial charge in [0.1, 0.15) is 0 Å². The lowest BCUT2D eigenvalue weighted by Crippen LogP contribution is -2.24. The normalized spacial score (nSPS) is 16.9. The van der Waals surface area contributed by atoms with E-state index in [-0.39, 0.29) is 0 Å². The maximum Gasteiger partial charge on any atom is 0.0402 e. The molecule has 1 aromatic carbocycles. The van der Waals surface area contributed by atoms with Crippen LogP contribution >= 0.6 is 11.3 Å². The highest BCUT2D eigenvalue weighted by atomic mass is 32.1. The van der Waals surface area contributed by atoms with E-state index in [0.29, 0.717) is 0 Å². The Hall–Kier alpha value is -1.06. The molecule has 0 saturated heterocycles. The van der Waals surface area contributed by atoms with Crippen LogP contribution in [0.4, 0.5) is 5.69 Å². The first-order valence-corrected chi connectivity index (χ1v) is 7.15. The van der Waals surface area contributed by atoms with Gasteiger partial charge in [-0.15, -0.1) is 11.3 Å². The van der Waals surface area contributed by atoms with Gasteiger partial charge in [0.25, 0.3) is 0 Å². The van der Waals surface area contributed by atoms with E-state index >= 15 is 0 Å². The second-order valence-electron chi connectivity index (χ2n) is 4.83. The largest absolute Gasteiger partial charge is 0.398 e. The minimum absolute atomic E-state index is 0.734. The van der Waals surface area contributed by atoms with E-state index in [1.165, 1.54) is 40.6 Å². The van der Waals surface area contributed by atoms with Crippen LogP contribution in [0.1, 0.15) is 30.6 Å². The van der Waals surface area contributed by atoms with Crippen LogP contribution in [0.5, 0.6) is 0 Å². The molecule has 3 N–H and O–H groups in total. The number of thiophene rings is 1. The van der Waals surface area contributed by atoms with Crippen molar-refractivity contribution in [3.8, 4) is 0 Å². The summed E-state index contributed by atoms with van der Waals surface area (Å²) in [5.74, 6) is 0. The molecule has 0 radical (unpaired) electrons. The number of hydrogen-bond acceptors (Lipinski definition) is 3. The number of nitrogens with one attached hydrogen (secondary N) is 1. The highest BCUT2D eigenvalue weighted by molar-refractivity contribution is 7.19. The minimum Gasteiger partial charge on any atom is -0.398 e. The summed E-state index contributed by atoms with van der Waals surface area (Å²) in [4.78, 5) is 1.39. The van der Waals surface area contributed by atoms with Crippen LogP contribution < -0.4 is 11.1 Å². The van der Waals surface area contributed by atoms with Crippen LogP contribution in [-0.2, 0) is 6.54 Å². The molecule has 2 nitrogen and oxygen atoms in total. The molecule has 0 bridgehead atoms. The predicted octanol–water partition coefficient (Wildman–Crippen LogP) is 3.52. The molecule has 2 aromatic rings. The summed E-state index contributed by atoms with van der Waals surface area (Å²) in [6.45, 7) is 0.990. The van der Waals surface area contributed by atoms with Crippen LogP contribution in [-0.4, -0.2) is 6.04 Å². The molecule has 0 spiro atoms. The fourth-order valence-electron chi connectivity index (χ4n) is 2.60. The zero-order chi connectivity index (χ0) is 11.7. The topological polar surface area (TPSA) is 38.0 Å². The summed E-state index contributed by atoms with van der Waals surface area (Å²) in [7, 11) is 0. The first-order chi connectivity index (χ1) is 8.33. The summed E-state index contributed by atoms with van der Waals surface area (Å²) in [6.07, 6.45) is 5.45. The first-order valence-electron chi connectivity index (χ1n) is 6.33. The Kier molecular flexibility index (Phi) is 3.04. The molecular weight excluding hydrogens is 228 g/mol. The molecule has 1 fully saturated rings. The van der Waals surface area contributed by atoms with Gasteiger partial charge in [0.15, 0.2) is 0 Å². The third-order valence-corrected chi connectivity index (χ3v) is 4.67. The van der Waals surface area contributed by atoms with E-state index in [1.54, 1.807) is 0 Å². The molecule has 90 valence electrons. The van der Waals surface area contributed by atoms with Gasteiger partial charge >= 0.3 is 0 Å². The molecule has 3 heteroatoms. The second kappa shape index (κ2) is 4.67. The monoisotopic (exact) mass is 246 g/mol. The van der Waals surface area contributed by atoms with Crippen LogP contribution in [0.25, 0.3) is 10.1 Å². The Labute approximate surface area is 106 Å². The van der Waals surface area contributed by atoms with Crippen LogP contribution in [0.3, 0.4) is 0 Å². The number of nitrogens with two attached hydrogens (primary N) is 1. The Bertz CT molecular complexity index is 512. The second-order valence-corrected chi connectivity index (χ2v) is 6.00. The quantitative estimate of drug-likeness (QED) is 0.813. The van der Waals surface area contributed by atoms with Gasteiger partial charge in [-0.1, -0.05) is 18.9 Å². The van der Waals surface area contributed by atoms with E-state index < -0.39 is 0 Å². The summed E-state index contributed by atoms with van der Waals surface area (Å²) in [5.41, 5.74) is 6.87. The molecule has 17 heavy (non-hydrogen) atoms. The molecule has 0 amide bonds. The highest BCUT2D eigenvalue weighted by Crippen LogP contribution is 2.30. The maximum absolute atomic E-state index is 5.97. The van der Waals surface area contributed by atoms with Gasteiger partial charge in [0.05, 0.1) is 0 Å². The molecule has 0 aliphatic heterocycles. The van der Waals surface area contributed by atoms with E-state index in [2.05, 4.69) is 17.4 Å². The number of nitrogen functional groups attached to an aromatic ring is 1. The average molecular weight is 246 g/mol. The van der Waals surface area contributed by atoms with Gasteiger partial charge in [0.2, 0.25) is 0 Å². The lowest BCUT2D eigenvalue weighted by atomic mass is 10.2. The van der Waals surface area contributed by atoms with Crippen LogP contribution in [0.15, 0.2) is 24.3 Å². The fourth-order valence-corrected chi connectivity index (χ4v) is 3.65. The summed E-state index contributed by atoms with van der Waals surface area (Å²) < 4.78 is 1.30. The van der Waals surface area contributed by atoms with E-state index in [0.717, 1.165) is 18.3 Å². The van der Waals surface area contributed by atoms with Crippen LogP contribution in [0, 0.1) is 0 Å². The van der Waals surface area contributed by atoms with E-state index in [1.807, 2.05) is 23.5 Å². The van der Waals surface area contributed by atoms with Crippen molar-refractivity contribution in [3.05, 3.63) is 29.1 Å². The Morgan fingerprint density at radius 2 is 2.12 bits per heavy atom. The van der Waals surface area contributed by atoms with Crippen molar-refractivity contribution < 1.29 is 0 Å². The van der Waals surface area contributed by atoms with Crippen molar-refractivity contribution in [2.24, 2.45) is 0 Å². The zero-order valence-electron chi connectivity index (χ0n) is 9.91. The predicted molar refractivity (Wildman–Crippen MR) is 75.3 cm³/mol. The van der Waals surface area contributed by atoms with E-state index in [9.17, 15) is 0 Å². The van der Waals surface area contributed by atoms with Crippen LogP contribution in [0.2, 0.25) is 0 Å². The summed E-state index contributed by atoms with van der Waals surface area (Å²) >= 11 is 1.85. The third-order valence-electron chi connectivity index (χ3n) is 3.57. The number of benzene rings is 1. The molecule has 1 aliphatic carbocycles. The van der Waals surface area contributed by atoms with Gasteiger partial charge in [-0.2, -0.15) is 0 Å². The summed E-state index contributed by atoms with van der Waals surface area (Å²) in [5, 5.41) is 4.86. The molecule has 0 atom stereocenters. The lowest BCUT2D eigenvalue weighted by Gasteiger charge is -2.09. The zero-order valence-corrected chi connectivity index (χ0v) is 10.7. The molecule has 1 aromatic heterocycles. The first kappa shape index (κ1) is 11.1.